The van der Waals surface area contributed by atoms with E-state index in [2.05, 4.69) is 15.4 Å². The van der Waals surface area contributed by atoms with Crippen molar-refractivity contribution in [2.24, 2.45) is 0 Å². The van der Waals surface area contributed by atoms with Gasteiger partial charge >= 0.3 is 0 Å². The number of aryl methyl sites for hydroxylation is 1. The van der Waals surface area contributed by atoms with Crippen LogP contribution in [0.2, 0.25) is 5.02 Å². The maximum Gasteiger partial charge on any atom is 0.258 e. The highest BCUT2D eigenvalue weighted by Crippen LogP contribution is 2.33. The van der Waals surface area contributed by atoms with Crippen molar-refractivity contribution in [1.82, 2.24) is 24.8 Å². The lowest BCUT2D eigenvalue weighted by Crippen LogP contribution is -2.42. The van der Waals surface area contributed by atoms with Crippen molar-refractivity contribution >= 4 is 35.6 Å². The SMILES string of the molecule is Cc1nc2c3c(nn2cc1Cl)CN(C(=O)c1ccc(F)cc1OC1CC2CCC(C1)N2)C3.Cl. The highest BCUT2D eigenvalue weighted by molar-refractivity contribution is 6.31. The van der Waals surface area contributed by atoms with Gasteiger partial charge in [0, 0.05) is 23.7 Å². The molecule has 7 nitrogen and oxygen atoms in total. The number of hydrogen-bond acceptors (Lipinski definition) is 5. The molecule has 1 aromatic carbocycles. The zero-order valence-electron chi connectivity index (χ0n) is 18.1. The van der Waals surface area contributed by atoms with Crippen LogP contribution in [-0.2, 0) is 13.1 Å². The van der Waals surface area contributed by atoms with Crippen LogP contribution in [0.5, 0.6) is 5.75 Å². The van der Waals surface area contributed by atoms with Crippen molar-refractivity contribution in [2.45, 2.75) is 63.9 Å². The Morgan fingerprint density at radius 3 is 2.76 bits per heavy atom. The quantitative estimate of drug-likeness (QED) is 0.597. The van der Waals surface area contributed by atoms with E-state index in [4.69, 9.17) is 16.3 Å². The predicted molar refractivity (Wildman–Crippen MR) is 124 cm³/mol. The van der Waals surface area contributed by atoms with Gasteiger partial charge in [-0.1, -0.05) is 11.6 Å². The lowest BCUT2D eigenvalue weighted by Gasteiger charge is -2.30. The molecule has 5 heterocycles. The Bertz CT molecular complexity index is 1240. The van der Waals surface area contributed by atoms with E-state index in [1.165, 1.54) is 18.2 Å². The van der Waals surface area contributed by atoms with Gasteiger partial charge in [-0.3, -0.25) is 4.79 Å². The number of amides is 1. The first-order valence-corrected chi connectivity index (χ1v) is 11.4. The van der Waals surface area contributed by atoms with Gasteiger partial charge in [-0.2, -0.15) is 5.10 Å². The van der Waals surface area contributed by atoms with Crippen molar-refractivity contribution < 1.29 is 13.9 Å². The van der Waals surface area contributed by atoms with Crippen molar-refractivity contribution in [3.05, 3.63) is 57.8 Å². The van der Waals surface area contributed by atoms with Gasteiger partial charge in [-0.05, 0) is 44.7 Å². The minimum Gasteiger partial charge on any atom is -0.489 e. The number of fused-ring (bicyclic) bond motifs is 5. The summed E-state index contributed by atoms with van der Waals surface area (Å²) < 4.78 is 21.9. The van der Waals surface area contributed by atoms with Gasteiger partial charge in [0.15, 0.2) is 5.65 Å². The molecule has 3 aliphatic rings. The molecule has 2 aromatic heterocycles. The van der Waals surface area contributed by atoms with E-state index < -0.39 is 5.82 Å². The molecule has 0 spiro atoms. The molecule has 174 valence electrons. The molecule has 1 amide bonds. The zero-order chi connectivity index (χ0) is 22.0. The first kappa shape index (κ1) is 22.4. The number of carbonyl (C=O) groups is 1. The topological polar surface area (TPSA) is 71.8 Å². The molecule has 6 rings (SSSR count). The number of ether oxygens (including phenoxy) is 1. The van der Waals surface area contributed by atoms with E-state index in [0.29, 0.717) is 47.2 Å². The molecule has 0 aliphatic carbocycles. The summed E-state index contributed by atoms with van der Waals surface area (Å²) in [7, 11) is 0. The van der Waals surface area contributed by atoms with E-state index in [1.54, 1.807) is 15.6 Å². The van der Waals surface area contributed by atoms with E-state index >= 15 is 0 Å². The molecular weight excluding hydrogens is 468 g/mol. The average molecular weight is 492 g/mol. The molecule has 2 atom stereocenters. The second-order valence-corrected chi connectivity index (χ2v) is 9.43. The molecule has 2 bridgehead atoms. The van der Waals surface area contributed by atoms with Crippen LogP contribution in [0.4, 0.5) is 4.39 Å². The molecule has 1 N–H and O–H groups in total. The van der Waals surface area contributed by atoms with Crippen LogP contribution in [0, 0.1) is 12.7 Å². The lowest BCUT2D eigenvalue weighted by molar-refractivity contribution is 0.0737. The van der Waals surface area contributed by atoms with E-state index in [9.17, 15) is 9.18 Å². The maximum atomic E-state index is 14.1. The summed E-state index contributed by atoms with van der Waals surface area (Å²) in [6.07, 6.45) is 5.76. The van der Waals surface area contributed by atoms with Crippen molar-refractivity contribution in [3.63, 3.8) is 0 Å². The van der Waals surface area contributed by atoms with Crippen molar-refractivity contribution in [1.29, 1.82) is 0 Å². The summed E-state index contributed by atoms with van der Waals surface area (Å²) in [6.45, 7) is 2.59. The van der Waals surface area contributed by atoms with E-state index in [0.717, 1.165) is 42.6 Å². The Morgan fingerprint density at radius 1 is 1.24 bits per heavy atom. The Balaban J connectivity index is 0.00000228. The van der Waals surface area contributed by atoms with Crippen LogP contribution in [0.3, 0.4) is 0 Å². The molecule has 10 heteroatoms. The summed E-state index contributed by atoms with van der Waals surface area (Å²) in [6, 6.07) is 5.05. The van der Waals surface area contributed by atoms with Crippen molar-refractivity contribution in [3.8, 4) is 5.75 Å². The Kier molecular flexibility index (Phi) is 5.71. The van der Waals surface area contributed by atoms with Gasteiger partial charge in [-0.15, -0.1) is 12.4 Å². The lowest BCUT2D eigenvalue weighted by atomic mass is 10.0. The largest absolute Gasteiger partial charge is 0.489 e. The minimum absolute atomic E-state index is 0. The summed E-state index contributed by atoms with van der Waals surface area (Å²) in [4.78, 5) is 19.7. The number of piperidine rings is 1. The standard InChI is InChI=1S/C23H23ClFN5O2.ClH/c1-12-19(24)10-30-22(26-12)18-9-29(11-20(18)28-30)23(31)17-5-2-13(25)6-21(17)32-16-7-14-3-4-15(8-16)27-14;/h2,5-6,10,14-16,27H,3-4,7-9,11H2,1H3;1H. The third-order valence-electron chi connectivity index (χ3n) is 6.79. The van der Waals surface area contributed by atoms with Crippen LogP contribution in [0.15, 0.2) is 24.4 Å². The van der Waals surface area contributed by atoms with Gasteiger partial charge in [0.1, 0.15) is 17.7 Å². The summed E-state index contributed by atoms with van der Waals surface area (Å²) in [5.41, 5.74) is 3.52. The molecule has 2 unspecified atom stereocenters. The molecule has 0 radical (unpaired) electrons. The predicted octanol–water partition coefficient (Wildman–Crippen LogP) is 4.07. The normalized spacial score (nSPS) is 23.5. The summed E-state index contributed by atoms with van der Waals surface area (Å²) >= 11 is 6.17. The number of halogens is 3. The first-order valence-electron chi connectivity index (χ1n) is 11.0. The Labute approximate surface area is 201 Å². The fraction of sp³-hybridized carbons (Fsp3) is 0.435. The molecule has 2 saturated heterocycles. The number of nitrogens with zero attached hydrogens (tertiary/aromatic N) is 4. The number of aromatic nitrogens is 3. The second-order valence-electron chi connectivity index (χ2n) is 9.02. The highest BCUT2D eigenvalue weighted by atomic mass is 35.5. The van der Waals surface area contributed by atoms with Gasteiger partial charge in [-0.25, -0.2) is 13.9 Å². The smallest absolute Gasteiger partial charge is 0.258 e. The second kappa shape index (κ2) is 8.42. The third kappa shape index (κ3) is 3.94. The van der Waals surface area contributed by atoms with Gasteiger partial charge in [0.05, 0.1) is 41.3 Å². The fourth-order valence-corrected chi connectivity index (χ4v) is 5.34. The van der Waals surface area contributed by atoms with Crippen LogP contribution < -0.4 is 10.1 Å². The molecule has 3 aliphatic heterocycles. The monoisotopic (exact) mass is 491 g/mol. The number of nitrogens with one attached hydrogen (secondary N) is 1. The van der Waals surface area contributed by atoms with E-state index in [-0.39, 0.29) is 24.4 Å². The van der Waals surface area contributed by atoms with Gasteiger partial charge < -0.3 is 15.0 Å². The van der Waals surface area contributed by atoms with Crippen molar-refractivity contribution in [2.75, 3.05) is 0 Å². The first-order chi connectivity index (χ1) is 15.4. The zero-order valence-corrected chi connectivity index (χ0v) is 19.6. The van der Waals surface area contributed by atoms with Crippen LogP contribution in [0.25, 0.3) is 5.65 Å². The Hall–Kier alpha value is -2.42. The summed E-state index contributed by atoms with van der Waals surface area (Å²) in [5.74, 6) is -0.285. The van der Waals surface area contributed by atoms with E-state index in [1.807, 2.05) is 6.92 Å². The Morgan fingerprint density at radius 2 is 2.00 bits per heavy atom. The number of hydrogen-bond donors (Lipinski definition) is 1. The third-order valence-corrected chi connectivity index (χ3v) is 7.16. The summed E-state index contributed by atoms with van der Waals surface area (Å²) in [5, 5.41) is 8.68. The minimum atomic E-state index is -0.410. The fourth-order valence-electron chi connectivity index (χ4n) is 5.21. The van der Waals surface area contributed by atoms with Crippen LogP contribution in [-0.4, -0.2) is 43.6 Å². The van der Waals surface area contributed by atoms with Crippen LogP contribution >= 0.6 is 24.0 Å². The molecule has 3 aromatic rings. The number of benzene rings is 1. The molecule has 33 heavy (non-hydrogen) atoms. The number of carbonyl (C=O) groups excluding carboxylic acids is 1. The molecule has 2 fully saturated rings. The van der Waals surface area contributed by atoms with Gasteiger partial charge in [0.25, 0.3) is 5.91 Å². The maximum absolute atomic E-state index is 14.1. The van der Waals surface area contributed by atoms with Gasteiger partial charge in [0.2, 0.25) is 0 Å². The average Bonchev–Trinajstić information content (AvgIpc) is 3.41. The number of rotatable bonds is 3. The highest BCUT2D eigenvalue weighted by Gasteiger charge is 2.36. The molecule has 0 saturated carbocycles. The van der Waals surface area contributed by atoms with Crippen LogP contribution in [0.1, 0.15) is 53.0 Å². The molecular formula is C23H24Cl2FN5O2.